The maximum atomic E-state index is 13.8. The number of carboxylic acid groups (broad SMARTS) is 2. The third-order valence-corrected chi connectivity index (χ3v) is 10.2. The van der Waals surface area contributed by atoms with Gasteiger partial charge >= 0.3 is 11.9 Å². The summed E-state index contributed by atoms with van der Waals surface area (Å²) in [5, 5.41) is 28.9. The van der Waals surface area contributed by atoms with Crippen LogP contribution in [0.1, 0.15) is 111 Å². The molecule has 0 fully saturated rings. The smallest absolute Gasteiger partial charge is 0.305 e. The average molecular weight is 887 g/mol. The lowest BCUT2D eigenvalue weighted by atomic mass is 9.99. The molecule has 0 spiro atoms. The largest absolute Gasteiger partial charge is 0.481 e. The molecule has 16 heteroatoms. The maximum Gasteiger partial charge on any atom is 0.305 e. The molecule has 0 bridgehead atoms. The number of hydrogen-bond acceptors (Lipinski definition) is 10. The molecule has 4 amide bonds. The molecule has 0 saturated heterocycles. The van der Waals surface area contributed by atoms with Gasteiger partial charge in [0.2, 0.25) is 0 Å². The van der Waals surface area contributed by atoms with Gasteiger partial charge in [0.15, 0.2) is 23.1 Å². The lowest BCUT2D eigenvalue weighted by molar-refractivity contribution is -0.139. The monoisotopic (exact) mass is 886 g/mol. The van der Waals surface area contributed by atoms with E-state index in [1.54, 1.807) is 60.7 Å². The van der Waals surface area contributed by atoms with Crippen LogP contribution in [0.2, 0.25) is 0 Å². The average Bonchev–Trinajstić information content (AvgIpc) is 3.26. The van der Waals surface area contributed by atoms with Crippen molar-refractivity contribution in [1.29, 1.82) is 0 Å². The van der Waals surface area contributed by atoms with E-state index in [0.29, 0.717) is 0 Å². The molecule has 6 N–H and O–H groups in total. The van der Waals surface area contributed by atoms with Gasteiger partial charge in [-0.25, -0.2) is 0 Å². The van der Waals surface area contributed by atoms with Gasteiger partial charge < -0.3 is 31.5 Å². The number of Topliss-reactive ketones (excluding diaryl/α,β-unsaturated/α-hetero) is 4. The number of nitrogens with one attached hydrogen (secondary N) is 4. The molecule has 16 nitrogen and oxygen atoms in total. The van der Waals surface area contributed by atoms with Gasteiger partial charge in [0.25, 0.3) is 23.6 Å². The van der Waals surface area contributed by atoms with E-state index in [1.807, 2.05) is 0 Å². The van der Waals surface area contributed by atoms with Crippen molar-refractivity contribution in [3.05, 3.63) is 142 Å². The first-order valence-corrected chi connectivity index (χ1v) is 20.5. The Labute approximate surface area is 374 Å². The summed E-state index contributed by atoms with van der Waals surface area (Å²) < 4.78 is 0. The van der Waals surface area contributed by atoms with Gasteiger partial charge in [-0.05, 0) is 106 Å². The number of ketones is 4. The van der Waals surface area contributed by atoms with Crippen molar-refractivity contribution in [3.63, 3.8) is 0 Å². The van der Waals surface area contributed by atoms with E-state index in [9.17, 15) is 58.2 Å². The quantitative estimate of drug-likeness (QED) is 0.0566. The Morgan fingerprint density at radius 2 is 0.769 bits per heavy atom. The van der Waals surface area contributed by atoms with Crippen LogP contribution >= 0.6 is 0 Å². The number of carboxylic acids is 2. The standard InChI is InChI=1S/C49H50N4O12/c1-28(54)40(17-18-44(58)59)50-46(62)36-19-34(20-37(25-36)47(63)51-41(29(2)55)23-32-11-7-5-8-12-32)15-16-35-21-38(26-39(22-35)49(65)53-43(31(4)57)27-45(60)61)48(64)52-42(30(3)56)24-33-13-9-6-10-14-33/h5-16,19-22,25-26,40-43H,17-18,23-24,27H2,1-4H3,(H,50,62)(H,51,63)(H,52,64)(H,53,65)(H,58,59)(H,60,61). The minimum absolute atomic E-state index is 0.0721. The number of carbonyl (C=O) groups is 10. The van der Waals surface area contributed by atoms with E-state index >= 15 is 0 Å². The van der Waals surface area contributed by atoms with Crippen LogP contribution < -0.4 is 21.3 Å². The number of aliphatic carboxylic acids is 2. The lowest BCUT2D eigenvalue weighted by Gasteiger charge is -2.18. The van der Waals surface area contributed by atoms with Crippen LogP contribution in [0.5, 0.6) is 0 Å². The molecule has 0 aliphatic rings. The Hall–Kier alpha value is -7.88. The molecule has 338 valence electrons. The fraction of sp³-hybridized carbons (Fsp3) is 0.265. The van der Waals surface area contributed by atoms with Crippen molar-refractivity contribution >= 4 is 70.9 Å². The van der Waals surface area contributed by atoms with Gasteiger partial charge in [0, 0.05) is 28.7 Å². The highest BCUT2D eigenvalue weighted by Gasteiger charge is 2.25. The summed E-state index contributed by atoms with van der Waals surface area (Å²) in [4.78, 5) is 128. The van der Waals surface area contributed by atoms with E-state index in [0.717, 1.165) is 18.1 Å². The SMILES string of the molecule is CC(=O)C(CCC(=O)O)NC(=O)c1cc(C=Cc2cc(C(=O)NC(CC(=O)O)C(C)=O)cc(C(=O)NC(Cc3ccccc3)C(C)=O)c2)cc(C(=O)NC(Cc2ccccc2)C(C)=O)c1. The van der Waals surface area contributed by atoms with Gasteiger partial charge in [0.1, 0.15) is 0 Å². The lowest BCUT2D eigenvalue weighted by Crippen LogP contribution is -2.42. The van der Waals surface area contributed by atoms with Crippen molar-refractivity contribution in [2.45, 2.75) is 84.0 Å². The topological polar surface area (TPSA) is 259 Å². The molecule has 0 radical (unpaired) electrons. The van der Waals surface area contributed by atoms with E-state index in [1.165, 1.54) is 69.3 Å². The highest BCUT2D eigenvalue weighted by Crippen LogP contribution is 2.19. The zero-order valence-corrected chi connectivity index (χ0v) is 36.2. The predicted molar refractivity (Wildman–Crippen MR) is 239 cm³/mol. The second-order valence-electron chi connectivity index (χ2n) is 15.5. The molecule has 4 aromatic carbocycles. The summed E-state index contributed by atoms with van der Waals surface area (Å²) in [6, 6.07) is 21.4. The molecule has 0 aromatic heterocycles. The van der Waals surface area contributed by atoms with Crippen molar-refractivity contribution < 1.29 is 58.2 Å². The van der Waals surface area contributed by atoms with Gasteiger partial charge in [-0.15, -0.1) is 0 Å². The highest BCUT2D eigenvalue weighted by atomic mass is 16.4. The maximum absolute atomic E-state index is 13.8. The van der Waals surface area contributed by atoms with Crippen LogP contribution in [0.15, 0.2) is 97.1 Å². The molecule has 4 atom stereocenters. The van der Waals surface area contributed by atoms with Crippen molar-refractivity contribution in [1.82, 2.24) is 21.3 Å². The Balaban J connectivity index is 1.79. The fourth-order valence-corrected chi connectivity index (χ4v) is 6.59. The van der Waals surface area contributed by atoms with Crippen LogP contribution in [-0.4, -0.2) is 93.1 Å². The summed E-state index contributed by atoms with van der Waals surface area (Å²) in [5.74, 6) is -7.52. The van der Waals surface area contributed by atoms with Crippen LogP contribution in [0.3, 0.4) is 0 Å². The van der Waals surface area contributed by atoms with Crippen LogP contribution in [0, 0.1) is 0 Å². The van der Waals surface area contributed by atoms with E-state index in [4.69, 9.17) is 0 Å². The minimum Gasteiger partial charge on any atom is -0.481 e. The molecule has 0 aliphatic carbocycles. The number of hydrogen-bond donors (Lipinski definition) is 6. The number of rotatable bonds is 23. The molecule has 65 heavy (non-hydrogen) atoms. The zero-order chi connectivity index (χ0) is 47.8. The van der Waals surface area contributed by atoms with Gasteiger partial charge in [0.05, 0.1) is 30.6 Å². The third-order valence-electron chi connectivity index (χ3n) is 10.2. The normalized spacial score (nSPS) is 12.7. The molecule has 0 aliphatic heterocycles. The Bertz CT molecular complexity index is 2500. The Morgan fingerprint density at radius 3 is 1.08 bits per heavy atom. The van der Waals surface area contributed by atoms with Crippen molar-refractivity contribution in [2.24, 2.45) is 0 Å². The molecule has 4 unspecified atom stereocenters. The summed E-state index contributed by atoms with van der Waals surface area (Å²) in [7, 11) is 0. The first kappa shape index (κ1) is 49.8. The van der Waals surface area contributed by atoms with Crippen LogP contribution in [0.4, 0.5) is 0 Å². The number of amides is 4. The van der Waals surface area contributed by atoms with Gasteiger partial charge in [-0.2, -0.15) is 0 Å². The van der Waals surface area contributed by atoms with E-state index in [-0.39, 0.29) is 64.2 Å². The fourth-order valence-electron chi connectivity index (χ4n) is 6.59. The number of benzene rings is 4. The molecular weight excluding hydrogens is 837 g/mol. The van der Waals surface area contributed by atoms with Crippen LogP contribution in [-0.2, 0) is 41.6 Å². The van der Waals surface area contributed by atoms with E-state index < -0.39 is 84.1 Å². The van der Waals surface area contributed by atoms with Crippen molar-refractivity contribution in [2.75, 3.05) is 0 Å². The molecule has 4 aromatic rings. The number of carbonyl (C=O) groups excluding carboxylic acids is 8. The first-order chi connectivity index (χ1) is 30.8. The molecule has 0 saturated carbocycles. The van der Waals surface area contributed by atoms with Gasteiger partial charge in [-0.1, -0.05) is 72.8 Å². The second kappa shape index (κ2) is 23.5. The van der Waals surface area contributed by atoms with E-state index in [2.05, 4.69) is 21.3 Å². The predicted octanol–water partition coefficient (Wildman–Crippen LogP) is 4.43. The first-order valence-electron chi connectivity index (χ1n) is 20.5. The van der Waals surface area contributed by atoms with Crippen molar-refractivity contribution in [3.8, 4) is 0 Å². The Kier molecular flexibility index (Phi) is 18.0. The van der Waals surface area contributed by atoms with Crippen LogP contribution in [0.25, 0.3) is 12.2 Å². The summed E-state index contributed by atoms with van der Waals surface area (Å²) in [6.07, 6.45) is 1.90. The Morgan fingerprint density at radius 1 is 0.446 bits per heavy atom. The summed E-state index contributed by atoms with van der Waals surface area (Å²) >= 11 is 0. The summed E-state index contributed by atoms with van der Waals surface area (Å²) in [5.41, 5.74) is 1.53. The molecule has 0 heterocycles. The zero-order valence-electron chi connectivity index (χ0n) is 36.2. The molecule has 4 rings (SSSR count). The highest BCUT2D eigenvalue weighted by molar-refractivity contribution is 6.05. The minimum atomic E-state index is -1.40. The third kappa shape index (κ3) is 15.8. The summed E-state index contributed by atoms with van der Waals surface area (Å²) in [6.45, 7) is 4.95. The second-order valence-corrected chi connectivity index (χ2v) is 15.5. The van der Waals surface area contributed by atoms with Gasteiger partial charge in [-0.3, -0.25) is 47.9 Å². The molecular formula is C49H50N4O12.